The molecule has 0 spiro atoms. The van der Waals surface area contributed by atoms with Gasteiger partial charge in [-0.15, -0.1) is 0 Å². The van der Waals surface area contributed by atoms with Gasteiger partial charge in [-0.2, -0.15) is 0 Å². The summed E-state index contributed by atoms with van der Waals surface area (Å²) in [6, 6.07) is 42.0. The van der Waals surface area contributed by atoms with E-state index in [1.54, 1.807) is 6.08 Å². The molecule has 4 aromatic carbocycles. The maximum atomic E-state index is 12.3. The van der Waals surface area contributed by atoms with Crippen LogP contribution >= 0.6 is 0 Å². The van der Waals surface area contributed by atoms with Crippen molar-refractivity contribution in [3.63, 3.8) is 0 Å². The Kier molecular flexibility index (Phi) is 8.12. The van der Waals surface area contributed by atoms with Crippen molar-refractivity contribution in [1.29, 1.82) is 0 Å². The normalized spacial score (nSPS) is 18.8. The monoisotopic (exact) mass is 503 g/mol. The third kappa shape index (κ3) is 5.33. The Morgan fingerprint density at radius 1 is 0.763 bits per heavy atom. The van der Waals surface area contributed by atoms with E-state index in [0.717, 1.165) is 22.3 Å². The molecule has 4 nitrogen and oxygen atoms in total. The van der Waals surface area contributed by atoms with E-state index in [4.69, 9.17) is 9.47 Å². The smallest absolute Gasteiger partial charge is 0.330 e. The second-order valence-corrected chi connectivity index (χ2v) is 9.39. The van der Waals surface area contributed by atoms with Crippen molar-refractivity contribution in [2.24, 2.45) is 0 Å². The molecule has 1 fully saturated rings. The van der Waals surface area contributed by atoms with Crippen LogP contribution < -0.4 is 0 Å². The van der Waals surface area contributed by atoms with Gasteiger partial charge in [-0.05, 0) is 29.2 Å². The number of hydrogen-bond acceptors (Lipinski definition) is 4. The molecule has 0 bridgehead atoms. The Morgan fingerprint density at radius 2 is 1.24 bits per heavy atom. The van der Waals surface area contributed by atoms with Gasteiger partial charge in [-0.25, -0.2) is 4.79 Å². The molecule has 0 amide bonds. The van der Waals surface area contributed by atoms with Gasteiger partial charge in [0.2, 0.25) is 0 Å². The molecule has 5 rings (SSSR count). The summed E-state index contributed by atoms with van der Waals surface area (Å²) in [5.74, 6) is -0.326. The molecule has 4 aromatic rings. The minimum atomic E-state index is -0.575. The SMILES string of the molecule is CCOC(=O)/C=C\[C@@H]1[C@H](COCc2ccccc2)N1C(c1ccccc1)(c1ccccc1)c1ccccc1. The predicted octanol–water partition coefficient (Wildman–Crippen LogP) is 6.37. The Morgan fingerprint density at radius 3 is 1.71 bits per heavy atom. The maximum absolute atomic E-state index is 12.3. The van der Waals surface area contributed by atoms with Crippen LogP contribution in [0.1, 0.15) is 29.2 Å². The molecule has 0 aliphatic carbocycles. The highest BCUT2D eigenvalue weighted by atomic mass is 16.5. The molecule has 0 N–H and O–H groups in total. The highest BCUT2D eigenvalue weighted by molar-refractivity contribution is 5.82. The van der Waals surface area contributed by atoms with Gasteiger partial charge in [0.25, 0.3) is 0 Å². The van der Waals surface area contributed by atoms with Gasteiger partial charge in [-0.1, -0.05) is 127 Å². The van der Waals surface area contributed by atoms with Crippen LogP contribution in [0.5, 0.6) is 0 Å². The second-order valence-electron chi connectivity index (χ2n) is 9.39. The lowest BCUT2D eigenvalue weighted by Gasteiger charge is -2.38. The van der Waals surface area contributed by atoms with Crippen molar-refractivity contribution >= 4 is 5.97 Å². The number of nitrogens with zero attached hydrogens (tertiary/aromatic N) is 1. The fourth-order valence-electron chi connectivity index (χ4n) is 5.40. The van der Waals surface area contributed by atoms with Gasteiger partial charge in [0.05, 0.1) is 31.4 Å². The van der Waals surface area contributed by atoms with E-state index in [1.165, 1.54) is 0 Å². The molecular formula is C34H33NO3. The van der Waals surface area contributed by atoms with Crippen molar-refractivity contribution in [3.05, 3.63) is 156 Å². The molecule has 1 aliphatic heterocycles. The summed E-state index contributed by atoms with van der Waals surface area (Å²) < 4.78 is 11.5. The van der Waals surface area contributed by atoms with Gasteiger partial charge in [0, 0.05) is 12.1 Å². The lowest BCUT2D eigenvalue weighted by Crippen LogP contribution is -2.40. The highest BCUT2D eigenvalue weighted by Gasteiger charge is 2.59. The van der Waals surface area contributed by atoms with Crippen LogP contribution in [-0.2, 0) is 26.4 Å². The zero-order valence-corrected chi connectivity index (χ0v) is 21.6. The summed E-state index contributed by atoms with van der Waals surface area (Å²) in [6.45, 7) is 3.24. The number of hydrogen-bond donors (Lipinski definition) is 0. The first-order valence-electron chi connectivity index (χ1n) is 13.2. The summed E-state index contributed by atoms with van der Waals surface area (Å²) in [6.07, 6.45) is 3.53. The van der Waals surface area contributed by atoms with Crippen LogP contribution in [0.2, 0.25) is 0 Å². The third-order valence-electron chi connectivity index (χ3n) is 7.06. The van der Waals surface area contributed by atoms with Gasteiger partial charge in [0.15, 0.2) is 0 Å². The Labute approximate surface area is 225 Å². The fourth-order valence-corrected chi connectivity index (χ4v) is 5.40. The molecule has 192 valence electrons. The molecule has 1 aliphatic rings. The van der Waals surface area contributed by atoms with Crippen LogP contribution in [0.3, 0.4) is 0 Å². The minimum absolute atomic E-state index is 0.0178. The number of carbonyl (C=O) groups is 1. The van der Waals surface area contributed by atoms with Crippen LogP contribution in [0.25, 0.3) is 0 Å². The van der Waals surface area contributed by atoms with Crippen molar-refractivity contribution in [2.75, 3.05) is 13.2 Å². The lowest BCUT2D eigenvalue weighted by atomic mass is 9.76. The summed E-state index contributed by atoms with van der Waals surface area (Å²) in [7, 11) is 0. The number of ether oxygens (including phenoxy) is 2. The van der Waals surface area contributed by atoms with Crippen molar-refractivity contribution in [1.82, 2.24) is 4.90 Å². The van der Waals surface area contributed by atoms with Crippen LogP contribution in [0.4, 0.5) is 0 Å². The van der Waals surface area contributed by atoms with Crippen LogP contribution in [-0.4, -0.2) is 36.2 Å². The molecule has 0 aromatic heterocycles. The first-order chi connectivity index (χ1) is 18.7. The van der Waals surface area contributed by atoms with E-state index in [-0.39, 0.29) is 18.1 Å². The van der Waals surface area contributed by atoms with Crippen LogP contribution in [0, 0.1) is 0 Å². The fraction of sp³-hybridized carbons (Fsp3) is 0.206. The second kappa shape index (κ2) is 12.0. The maximum Gasteiger partial charge on any atom is 0.330 e. The van der Waals surface area contributed by atoms with E-state index in [1.807, 2.05) is 49.4 Å². The number of benzene rings is 4. The van der Waals surface area contributed by atoms with Crippen LogP contribution in [0.15, 0.2) is 133 Å². The molecule has 0 radical (unpaired) electrons. The van der Waals surface area contributed by atoms with E-state index >= 15 is 0 Å². The molecule has 1 saturated heterocycles. The zero-order valence-electron chi connectivity index (χ0n) is 21.6. The Bertz CT molecular complexity index is 1230. The molecule has 38 heavy (non-hydrogen) atoms. The highest BCUT2D eigenvalue weighted by Crippen LogP contribution is 2.52. The summed E-state index contributed by atoms with van der Waals surface area (Å²) >= 11 is 0. The quantitative estimate of drug-likeness (QED) is 0.103. The molecule has 3 atom stereocenters. The largest absolute Gasteiger partial charge is 0.463 e. The number of carbonyl (C=O) groups excluding carboxylic acids is 1. The average Bonchev–Trinajstić information content (AvgIpc) is 3.67. The van der Waals surface area contributed by atoms with Crippen molar-refractivity contribution < 1.29 is 14.3 Å². The molecular weight excluding hydrogens is 470 g/mol. The van der Waals surface area contributed by atoms with E-state index in [9.17, 15) is 4.79 Å². The van der Waals surface area contributed by atoms with Gasteiger partial charge < -0.3 is 9.47 Å². The predicted molar refractivity (Wildman–Crippen MR) is 150 cm³/mol. The Hall–Kier alpha value is -3.99. The summed E-state index contributed by atoms with van der Waals surface area (Å²) in [5.41, 5.74) is 4.06. The van der Waals surface area contributed by atoms with E-state index in [2.05, 4.69) is 89.8 Å². The van der Waals surface area contributed by atoms with Crippen molar-refractivity contribution in [3.8, 4) is 0 Å². The zero-order chi connectivity index (χ0) is 26.2. The molecule has 1 unspecified atom stereocenters. The lowest BCUT2D eigenvalue weighted by molar-refractivity contribution is -0.137. The number of rotatable bonds is 11. The first-order valence-corrected chi connectivity index (χ1v) is 13.2. The third-order valence-corrected chi connectivity index (χ3v) is 7.06. The summed E-state index contributed by atoms with van der Waals surface area (Å²) in [4.78, 5) is 14.8. The van der Waals surface area contributed by atoms with Gasteiger partial charge in [-0.3, -0.25) is 4.90 Å². The topological polar surface area (TPSA) is 38.5 Å². The molecule has 0 saturated carbocycles. The summed E-state index contributed by atoms with van der Waals surface area (Å²) in [5, 5.41) is 0. The van der Waals surface area contributed by atoms with E-state index < -0.39 is 5.54 Å². The molecule has 1 heterocycles. The Balaban J connectivity index is 1.58. The van der Waals surface area contributed by atoms with E-state index in [0.29, 0.717) is 19.8 Å². The average molecular weight is 504 g/mol. The van der Waals surface area contributed by atoms with Gasteiger partial charge in [0.1, 0.15) is 0 Å². The molecule has 4 heteroatoms. The van der Waals surface area contributed by atoms with Crippen molar-refractivity contribution in [2.45, 2.75) is 31.2 Å². The number of esters is 1. The minimum Gasteiger partial charge on any atom is -0.463 e. The standard InChI is InChI=1S/C34H33NO3/c1-2-38-33(36)24-23-31-32(26-37-25-27-15-7-3-8-16-27)35(31)34(28-17-9-4-10-18-28,29-19-11-5-12-20-29)30-21-13-6-14-22-30/h3-24,31-32H,2,25-26H2,1H3/b24-23-/t31-,32+,35?/m1/s1. The van der Waals surface area contributed by atoms with Gasteiger partial charge >= 0.3 is 5.97 Å². The first kappa shape index (κ1) is 25.7.